The number of rotatable bonds is 4. The second kappa shape index (κ2) is 7.47. The van der Waals surface area contributed by atoms with Crippen molar-refractivity contribution in [3.8, 4) is 0 Å². The molecule has 1 amide bonds. The maximum absolute atomic E-state index is 12.6. The summed E-state index contributed by atoms with van der Waals surface area (Å²) in [6.45, 7) is 1.02. The molecule has 1 atom stereocenters. The highest BCUT2D eigenvalue weighted by Gasteiger charge is 2.41. The van der Waals surface area contributed by atoms with Gasteiger partial charge in [0.05, 0.1) is 5.92 Å². The number of hydrogen-bond acceptors (Lipinski definition) is 2. The number of nitrogens with one attached hydrogen (secondary N) is 2. The summed E-state index contributed by atoms with van der Waals surface area (Å²) in [6.07, 6.45) is 1.89. The molecule has 1 saturated carbocycles. The summed E-state index contributed by atoms with van der Waals surface area (Å²) < 4.78 is 37.7. The Morgan fingerprint density at radius 1 is 1.10 bits per heavy atom. The predicted molar refractivity (Wildman–Crippen MR) is 74.8 cm³/mol. The van der Waals surface area contributed by atoms with Crippen molar-refractivity contribution in [1.29, 1.82) is 0 Å². The topological polar surface area (TPSA) is 41.1 Å². The van der Waals surface area contributed by atoms with Gasteiger partial charge in [-0.15, -0.1) is 0 Å². The van der Waals surface area contributed by atoms with Gasteiger partial charge in [-0.2, -0.15) is 13.2 Å². The van der Waals surface area contributed by atoms with Crippen LogP contribution in [0.25, 0.3) is 0 Å². The van der Waals surface area contributed by atoms with Gasteiger partial charge >= 0.3 is 6.18 Å². The Bertz CT molecular complexity index is 332. The fourth-order valence-corrected chi connectivity index (χ4v) is 3.34. The van der Waals surface area contributed by atoms with E-state index in [9.17, 15) is 18.0 Å². The number of alkyl halides is 3. The standard InChI is InChI=1S/C15H25F3N2O/c16-15(17,18)11-4-6-13(7-5-11)20-14(21)9-8-12-3-1-2-10-19-12/h11-13,19H,1-10H2,(H,20,21). The van der Waals surface area contributed by atoms with E-state index in [-0.39, 0.29) is 24.8 Å². The van der Waals surface area contributed by atoms with E-state index in [0.29, 0.717) is 25.3 Å². The Morgan fingerprint density at radius 3 is 2.38 bits per heavy atom. The van der Waals surface area contributed by atoms with E-state index in [1.54, 1.807) is 0 Å². The molecule has 2 aliphatic rings. The normalized spacial score (nSPS) is 30.9. The van der Waals surface area contributed by atoms with E-state index in [1.807, 2.05) is 0 Å². The summed E-state index contributed by atoms with van der Waals surface area (Å²) in [7, 11) is 0. The zero-order valence-electron chi connectivity index (χ0n) is 12.3. The Labute approximate surface area is 124 Å². The second-order valence-electron chi connectivity index (χ2n) is 6.34. The van der Waals surface area contributed by atoms with E-state index in [4.69, 9.17) is 0 Å². The summed E-state index contributed by atoms with van der Waals surface area (Å²) in [6, 6.07) is 0.348. The maximum Gasteiger partial charge on any atom is 0.391 e. The number of piperidine rings is 1. The summed E-state index contributed by atoms with van der Waals surface area (Å²) in [5.74, 6) is -1.20. The van der Waals surface area contributed by atoms with Crippen LogP contribution in [0.5, 0.6) is 0 Å². The molecule has 1 aliphatic heterocycles. The molecule has 0 aromatic heterocycles. The van der Waals surface area contributed by atoms with Crippen LogP contribution < -0.4 is 10.6 Å². The van der Waals surface area contributed by atoms with Gasteiger partial charge in [0, 0.05) is 18.5 Å². The van der Waals surface area contributed by atoms with Gasteiger partial charge in [0.2, 0.25) is 5.91 Å². The van der Waals surface area contributed by atoms with Crippen molar-refractivity contribution in [2.24, 2.45) is 5.92 Å². The Morgan fingerprint density at radius 2 is 1.81 bits per heavy atom. The van der Waals surface area contributed by atoms with Crippen LogP contribution in [0.2, 0.25) is 0 Å². The zero-order valence-corrected chi connectivity index (χ0v) is 12.3. The lowest BCUT2D eigenvalue weighted by molar-refractivity contribution is -0.182. The molecule has 122 valence electrons. The Balaban J connectivity index is 1.62. The zero-order chi connectivity index (χ0) is 15.3. The fraction of sp³-hybridized carbons (Fsp3) is 0.933. The van der Waals surface area contributed by atoms with Gasteiger partial charge in [-0.3, -0.25) is 4.79 Å². The summed E-state index contributed by atoms with van der Waals surface area (Å²) in [5, 5.41) is 6.29. The van der Waals surface area contributed by atoms with Gasteiger partial charge in [-0.25, -0.2) is 0 Å². The molecule has 21 heavy (non-hydrogen) atoms. The lowest BCUT2D eigenvalue weighted by Crippen LogP contribution is -2.41. The molecule has 3 nitrogen and oxygen atoms in total. The van der Waals surface area contributed by atoms with E-state index in [1.165, 1.54) is 12.8 Å². The molecule has 2 N–H and O–H groups in total. The Hall–Kier alpha value is -0.780. The lowest BCUT2D eigenvalue weighted by atomic mass is 9.85. The van der Waals surface area contributed by atoms with Gasteiger partial charge < -0.3 is 10.6 Å². The molecule has 0 aromatic rings. The molecule has 1 heterocycles. The smallest absolute Gasteiger partial charge is 0.353 e. The molecule has 0 bridgehead atoms. The molecular weight excluding hydrogens is 281 g/mol. The third kappa shape index (κ3) is 5.49. The monoisotopic (exact) mass is 306 g/mol. The molecule has 0 spiro atoms. The highest BCUT2D eigenvalue weighted by atomic mass is 19.4. The molecule has 2 rings (SSSR count). The molecule has 2 fully saturated rings. The first kappa shape index (κ1) is 16.6. The van der Waals surface area contributed by atoms with E-state index >= 15 is 0 Å². The maximum atomic E-state index is 12.6. The molecule has 1 aliphatic carbocycles. The quantitative estimate of drug-likeness (QED) is 0.838. The number of carbonyl (C=O) groups is 1. The van der Waals surface area contributed by atoms with Gasteiger partial charge in [-0.1, -0.05) is 6.42 Å². The third-order valence-electron chi connectivity index (χ3n) is 4.69. The number of halogens is 3. The SMILES string of the molecule is O=C(CCC1CCCCN1)NC1CCC(C(F)(F)F)CC1. The Kier molecular flexibility index (Phi) is 5.90. The van der Waals surface area contributed by atoms with Gasteiger partial charge in [-0.05, 0) is 51.5 Å². The van der Waals surface area contributed by atoms with Crippen LogP contribution >= 0.6 is 0 Å². The van der Waals surface area contributed by atoms with Crippen LogP contribution in [-0.2, 0) is 4.79 Å². The van der Waals surface area contributed by atoms with Gasteiger partial charge in [0.25, 0.3) is 0 Å². The largest absolute Gasteiger partial charge is 0.391 e. The van der Waals surface area contributed by atoms with Crippen LogP contribution in [0.15, 0.2) is 0 Å². The first-order valence-corrected chi connectivity index (χ1v) is 8.04. The minimum atomic E-state index is -4.08. The van der Waals surface area contributed by atoms with Crippen molar-refractivity contribution < 1.29 is 18.0 Å². The van der Waals surface area contributed by atoms with Crippen molar-refractivity contribution in [3.63, 3.8) is 0 Å². The van der Waals surface area contributed by atoms with Crippen LogP contribution in [0.1, 0.15) is 57.8 Å². The average molecular weight is 306 g/mol. The third-order valence-corrected chi connectivity index (χ3v) is 4.69. The molecule has 0 aromatic carbocycles. The second-order valence-corrected chi connectivity index (χ2v) is 6.34. The molecule has 6 heteroatoms. The van der Waals surface area contributed by atoms with Crippen LogP contribution in [-0.4, -0.2) is 30.7 Å². The fourth-order valence-electron chi connectivity index (χ4n) is 3.34. The first-order chi connectivity index (χ1) is 9.95. The minimum absolute atomic E-state index is 0.0159. The molecular formula is C15H25F3N2O. The van der Waals surface area contributed by atoms with Crippen LogP contribution in [0.3, 0.4) is 0 Å². The molecule has 1 unspecified atom stereocenters. The van der Waals surface area contributed by atoms with E-state index in [2.05, 4.69) is 10.6 Å². The predicted octanol–water partition coefficient (Wildman–Crippen LogP) is 3.15. The van der Waals surface area contributed by atoms with Crippen molar-refractivity contribution in [1.82, 2.24) is 10.6 Å². The van der Waals surface area contributed by atoms with E-state index in [0.717, 1.165) is 19.4 Å². The highest BCUT2D eigenvalue weighted by Crippen LogP contribution is 2.37. The number of carbonyl (C=O) groups excluding carboxylic acids is 1. The van der Waals surface area contributed by atoms with Crippen molar-refractivity contribution >= 4 is 5.91 Å². The number of hydrogen-bond donors (Lipinski definition) is 2. The van der Waals surface area contributed by atoms with Crippen molar-refractivity contribution in [2.75, 3.05) is 6.54 Å². The van der Waals surface area contributed by atoms with E-state index < -0.39 is 12.1 Å². The minimum Gasteiger partial charge on any atom is -0.353 e. The number of amides is 1. The first-order valence-electron chi connectivity index (χ1n) is 8.04. The summed E-state index contributed by atoms with van der Waals surface area (Å²) in [5.41, 5.74) is 0. The molecule has 0 radical (unpaired) electrons. The highest BCUT2D eigenvalue weighted by molar-refractivity contribution is 5.76. The van der Waals surface area contributed by atoms with Crippen LogP contribution in [0.4, 0.5) is 13.2 Å². The average Bonchev–Trinajstić information content (AvgIpc) is 2.46. The molecule has 1 saturated heterocycles. The van der Waals surface area contributed by atoms with Crippen molar-refractivity contribution in [3.05, 3.63) is 0 Å². The van der Waals surface area contributed by atoms with Crippen LogP contribution in [0, 0.1) is 5.92 Å². The summed E-state index contributed by atoms with van der Waals surface area (Å²) >= 11 is 0. The van der Waals surface area contributed by atoms with Crippen molar-refractivity contribution in [2.45, 2.75) is 76.0 Å². The van der Waals surface area contributed by atoms with Gasteiger partial charge in [0.15, 0.2) is 0 Å². The summed E-state index contributed by atoms with van der Waals surface area (Å²) in [4.78, 5) is 11.9. The van der Waals surface area contributed by atoms with Gasteiger partial charge in [0.1, 0.15) is 0 Å². The lowest BCUT2D eigenvalue weighted by Gasteiger charge is -2.30.